The van der Waals surface area contributed by atoms with Crippen LogP contribution in [-0.4, -0.2) is 38.1 Å². The second-order valence-electron chi connectivity index (χ2n) is 7.46. The summed E-state index contributed by atoms with van der Waals surface area (Å²) in [6.07, 6.45) is 4.09. The summed E-state index contributed by atoms with van der Waals surface area (Å²) in [6, 6.07) is 6.89. The molecule has 4 rings (SSSR count). The van der Waals surface area contributed by atoms with Gasteiger partial charge < -0.3 is 14.9 Å². The van der Waals surface area contributed by atoms with Crippen molar-refractivity contribution in [2.75, 3.05) is 25.5 Å². The summed E-state index contributed by atoms with van der Waals surface area (Å²) < 4.78 is 39.2. The number of aromatic nitrogens is 2. The van der Waals surface area contributed by atoms with Crippen LogP contribution in [0.5, 0.6) is 0 Å². The van der Waals surface area contributed by atoms with Crippen LogP contribution in [0.4, 0.5) is 5.82 Å². The topological polar surface area (TPSA) is 120 Å². The van der Waals surface area contributed by atoms with E-state index in [1.54, 1.807) is 37.5 Å². The van der Waals surface area contributed by atoms with Crippen LogP contribution >= 0.6 is 0 Å². The van der Waals surface area contributed by atoms with Crippen LogP contribution in [0.1, 0.15) is 17.9 Å². The molecule has 1 atom stereocenters. The van der Waals surface area contributed by atoms with E-state index in [1.165, 1.54) is 0 Å². The third-order valence-electron chi connectivity index (χ3n) is 5.22. The lowest BCUT2D eigenvalue weighted by Gasteiger charge is -2.13. The number of nitrogens with one attached hydrogen (secondary N) is 1. The minimum Gasteiger partial charge on any atom is -0.441 e. The molecule has 0 aliphatic carbocycles. The van der Waals surface area contributed by atoms with E-state index in [9.17, 15) is 8.42 Å². The summed E-state index contributed by atoms with van der Waals surface area (Å²) in [5, 5.41) is 0. The number of ether oxygens (including phenoxy) is 1. The van der Waals surface area contributed by atoms with Crippen LogP contribution in [0.15, 0.2) is 46.0 Å². The molecule has 0 radical (unpaired) electrons. The quantitative estimate of drug-likeness (QED) is 0.619. The number of benzene rings is 1. The normalized spacial score (nSPS) is 16.8. The Morgan fingerprint density at radius 2 is 2.00 bits per heavy atom. The average molecular weight is 429 g/mol. The lowest BCUT2D eigenvalue weighted by molar-refractivity contribution is 0.186. The Hall–Kier alpha value is -2.75. The highest BCUT2D eigenvalue weighted by molar-refractivity contribution is 7.89. The van der Waals surface area contributed by atoms with Gasteiger partial charge in [0.15, 0.2) is 11.7 Å². The van der Waals surface area contributed by atoms with Crippen LogP contribution < -0.4 is 10.5 Å². The third-order valence-corrected chi connectivity index (χ3v) is 6.64. The Kier molecular flexibility index (Phi) is 5.59. The standard InChI is InChI=1S/C21H24N4O4S/c1-13-3-4-17(30(26,27)25-9-15-5-6-28-12-15)8-18(13)16-7-19(21(22)24-10-16)20-11-23-14(2)29-20/h3-4,7-8,10-11,15,25H,5-6,9,12H2,1-2H3,(H2,22,24). The number of pyridine rings is 1. The predicted molar refractivity (Wildman–Crippen MR) is 113 cm³/mol. The fourth-order valence-electron chi connectivity index (χ4n) is 3.44. The first-order chi connectivity index (χ1) is 14.3. The lowest BCUT2D eigenvalue weighted by atomic mass is 10.0. The number of sulfonamides is 1. The maximum absolute atomic E-state index is 12.8. The fraction of sp³-hybridized carbons (Fsp3) is 0.333. The lowest BCUT2D eigenvalue weighted by Crippen LogP contribution is -2.29. The van der Waals surface area contributed by atoms with Crippen molar-refractivity contribution in [1.29, 1.82) is 0 Å². The van der Waals surface area contributed by atoms with E-state index in [0.717, 1.165) is 23.1 Å². The summed E-state index contributed by atoms with van der Waals surface area (Å²) in [5.74, 6) is 1.56. The monoisotopic (exact) mass is 428 g/mol. The first-order valence-electron chi connectivity index (χ1n) is 9.70. The predicted octanol–water partition coefficient (Wildman–Crippen LogP) is 2.92. The highest BCUT2D eigenvalue weighted by Gasteiger charge is 2.21. The molecule has 3 heterocycles. The van der Waals surface area contributed by atoms with Gasteiger partial charge in [0.05, 0.1) is 23.3 Å². The molecule has 1 unspecified atom stereocenters. The summed E-state index contributed by atoms with van der Waals surface area (Å²) in [7, 11) is -3.64. The van der Waals surface area contributed by atoms with Crippen molar-refractivity contribution in [3.8, 4) is 22.5 Å². The van der Waals surface area contributed by atoms with E-state index < -0.39 is 10.0 Å². The summed E-state index contributed by atoms with van der Waals surface area (Å²) in [4.78, 5) is 8.59. The summed E-state index contributed by atoms with van der Waals surface area (Å²) in [5.41, 5.74) is 9.06. The smallest absolute Gasteiger partial charge is 0.240 e. The van der Waals surface area contributed by atoms with E-state index in [4.69, 9.17) is 14.9 Å². The van der Waals surface area contributed by atoms with Gasteiger partial charge in [0.25, 0.3) is 0 Å². The van der Waals surface area contributed by atoms with E-state index in [2.05, 4.69) is 14.7 Å². The molecule has 0 spiro atoms. The van der Waals surface area contributed by atoms with Crippen LogP contribution in [0.3, 0.4) is 0 Å². The van der Waals surface area contributed by atoms with Gasteiger partial charge in [0, 0.05) is 31.8 Å². The molecule has 1 saturated heterocycles. The first-order valence-corrected chi connectivity index (χ1v) is 11.2. The Morgan fingerprint density at radius 3 is 2.70 bits per heavy atom. The molecule has 8 nitrogen and oxygen atoms in total. The molecule has 3 N–H and O–H groups in total. The molecule has 1 aliphatic rings. The zero-order valence-corrected chi connectivity index (χ0v) is 17.7. The van der Waals surface area contributed by atoms with Crippen molar-refractivity contribution in [2.24, 2.45) is 5.92 Å². The maximum atomic E-state index is 12.8. The van der Waals surface area contributed by atoms with Gasteiger partial charge in [0.1, 0.15) is 5.82 Å². The number of anilines is 1. The largest absolute Gasteiger partial charge is 0.441 e. The number of aryl methyl sites for hydroxylation is 2. The van der Waals surface area contributed by atoms with Gasteiger partial charge in [-0.25, -0.2) is 23.1 Å². The number of nitrogen functional groups attached to an aromatic ring is 1. The highest BCUT2D eigenvalue weighted by Crippen LogP contribution is 2.32. The molecule has 0 amide bonds. The number of nitrogens with zero attached hydrogens (tertiary/aromatic N) is 2. The Morgan fingerprint density at radius 1 is 1.17 bits per heavy atom. The molecular formula is C21H24N4O4S. The van der Waals surface area contributed by atoms with Crippen molar-refractivity contribution in [1.82, 2.24) is 14.7 Å². The molecule has 1 fully saturated rings. The van der Waals surface area contributed by atoms with E-state index in [1.807, 2.05) is 13.0 Å². The Labute approximate surface area is 175 Å². The maximum Gasteiger partial charge on any atom is 0.240 e. The molecule has 9 heteroatoms. The Bertz CT molecular complexity index is 1170. The number of nitrogens with two attached hydrogens (primary N) is 1. The SMILES string of the molecule is Cc1ncc(-c2cc(-c3cc(S(=O)(=O)NCC4CCOC4)ccc3C)cnc2N)o1. The highest BCUT2D eigenvalue weighted by atomic mass is 32.2. The molecule has 0 bridgehead atoms. The molecule has 2 aromatic heterocycles. The van der Waals surface area contributed by atoms with Crippen molar-refractivity contribution in [3.63, 3.8) is 0 Å². The molecular weight excluding hydrogens is 404 g/mol. The second-order valence-corrected chi connectivity index (χ2v) is 9.23. The molecule has 1 aliphatic heterocycles. The molecule has 1 aromatic carbocycles. The number of hydrogen-bond donors (Lipinski definition) is 2. The van der Waals surface area contributed by atoms with Crippen molar-refractivity contribution in [2.45, 2.75) is 25.2 Å². The zero-order chi connectivity index (χ0) is 21.3. The molecule has 0 saturated carbocycles. The third kappa shape index (κ3) is 4.23. The molecule has 158 valence electrons. The van der Waals surface area contributed by atoms with Crippen molar-refractivity contribution >= 4 is 15.8 Å². The fourth-order valence-corrected chi connectivity index (χ4v) is 4.58. The van der Waals surface area contributed by atoms with Gasteiger partial charge >= 0.3 is 0 Å². The van der Waals surface area contributed by atoms with E-state index in [-0.39, 0.29) is 10.8 Å². The van der Waals surface area contributed by atoms with Gasteiger partial charge in [-0.1, -0.05) is 6.07 Å². The number of oxazole rings is 1. The van der Waals surface area contributed by atoms with Crippen molar-refractivity contribution in [3.05, 3.63) is 48.1 Å². The minimum atomic E-state index is -3.64. The van der Waals surface area contributed by atoms with E-state index >= 15 is 0 Å². The van der Waals surface area contributed by atoms with Crippen LogP contribution in [0.25, 0.3) is 22.5 Å². The van der Waals surface area contributed by atoms with Gasteiger partial charge in [-0.05, 0) is 48.6 Å². The Balaban J connectivity index is 1.66. The summed E-state index contributed by atoms with van der Waals surface area (Å²) >= 11 is 0. The molecule has 30 heavy (non-hydrogen) atoms. The van der Waals surface area contributed by atoms with E-state index in [0.29, 0.717) is 42.8 Å². The molecule has 3 aromatic rings. The van der Waals surface area contributed by atoms with Crippen molar-refractivity contribution < 1.29 is 17.6 Å². The van der Waals surface area contributed by atoms with Crippen LogP contribution in [0, 0.1) is 19.8 Å². The van der Waals surface area contributed by atoms with Crippen LogP contribution in [-0.2, 0) is 14.8 Å². The number of rotatable bonds is 6. The van der Waals surface area contributed by atoms with Gasteiger partial charge in [-0.2, -0.15) is 0 Å². The summed E-state index contributed by atoms with van der Waals surface area (Å²) in [6.45, 7) is 5.30. The zero-order valence-electron chi connectivity index (χ0n) is 16.9. The average Bonchev–Trinajstić information content (AvgIpc) is 3.39. The number of hydrogen-bond acceptors (Lipinski definition) is 7. The van der Waals surface area contributed by atoms with Gasteiger partial charge in [0.2, 0.25) is 10.0 Å². The first kappa shape index (κ1) is 20.5. The second kappa shape index (κ2) is 8.17. The van der Waals surface area contributed by atoms with Crippen LogP contribution in [0.2, 0.25) is 0 Å². The minimum absolute atomic E-state index is 0.205. The van der Waals surface area contributed by atoms with Gasteiger partial charge in [-0.3, -0.25) is 0 Å². The van der Waals surface area contributed by atoms with Gasteiger partial charge in [-0.15, -0.1) is 0 Å².